The van der Waals surface area contributed by atoms with Gasteiger partial charge < -0.3 is 10.2 Å². The molecule has 4 nitrogen and oxygen atoms in total. The van der Waals surface area contributed by atoms with E-state index >= 15 is 0 Å². The first-order valence-electron chi connectivity index (χ1n) is 6.24. The van der Waals surface area contributed by atoms with E-state index in [1.807, 2.05) is 0 Å². The van der Waals surface area contributed by atoms with Crippen LogP contribution in [0.4, 0.5) is 0 Å². The second-order valence-corrected chi connectivity index (χ2v) is 5.66. The highest BCUT2D eigenvalue weighted by molar-refractivity contribution is 7.99. The Hall–Kier alpha value is -2.27. The Morgan fingerprint density at radius 1 is 0.810 bits per heavy atom. The van der Waals surface area contributed by atoms with Crippen LogP contribution in [0.3, 0.4) is 0 Å². The third-order valence-corrected chi connectivity index (χ3v) is 4.05. The van der Waals surface area contributed by atoms with Crippen molar-refractivity contribution in [3.05, 3.63) is 47.5 Å². The molecule has 2 N–H and O–H groups in total. The fraction of sp³-hybridized carbons (Fsp3) is 0.125. The molecule has 0 radical (unpaired) electrons. The van der Waals surface area contributed by atoms with Gasteiger partial charge in [0.2, 0.25) is 0 Å². The molecule has 0 aromatic heterocycles. The molecule has 2 aromatic carbocycles. The fourth-order valence-corrected chi connectivity index (χ4v) is 2.70. The number of ketones is 2. The Balaban J connectivity index is 2.42. The molecule has 0 saturated heterocycles. The molecule has 0 aliphatic carbocycles. The Labute approximate surface area is 126 Å². The molecular weight excluding hydrogens is 288 g/mol. The van der Waals surface area contributed by atoms with E-state index in [2.05, 4.69) is 0 Å². The van der Waals surface area contributed by atoms with E-state index < -0.39 is 0 Å². The number of hydrogen-bond donors (Lipinski definition) is 2. The van der Waals surface area contributed by atoms with Crippen molar-refractivity contribution in [1.82, 2.24) is 0 Å². The largest absolute Gasteiger partial charge is 0.507 e. The minimum absolute atomic E-state index is 0.0117. The summed E-state index contributed by atoms with van der Waals surface area (Å²) in [5.74, 6) is -0.202. The second-order valence-electron chi connectivity index (χ2n) is 4.58. The average Bonchev–Trinajstić information content (AvgIpc) is 2.43. The van der Waals surface area contributed by atoms with Crippen LogP contribution in [0.25, 0.3) is 0 Å². The van der Waals surface area contributed by atoms with Gasteiger partial charge in [-0.25, -0.2) is 0 Å². The quantitative estimate of drug-likeness (QED) is 0.843. The third kappa shape index (κ3) is 3.44. The van der Waals surface area contributed by atoms with Crippen molar-refractivity contribution in [3.63, 3.8) is 0 Å². The number of phenolic OH excluding ortho intramolecular Hbond substituents is 2. The van der Waals surface area contributed by atoms with Crippen molar-refractivity contribution >= 4 is 23.3 Å². The van der Waals surface area contributed by atoms with Crippen LogP contribution >= 0.6 is 11.8 Å². The molecule has 108 valence electrons. The van der Waals surface area contributed by atoms with Gasteiger partial charge in [-0.1, -0.05) is 11.8 Å². The summed E-state index contributed by atoms with van der Waals surface area (Å²) in [5, 5.41) is 19.7. The van der Waals surface area contributed by atoms with E-state index in [1.165, 1.54) is 38.1 Å². The summed E-state index contributed by atoms with van der Waals surface area (Å²) in [5.41, 5.74) is 0.940. The summed E-state index contributed by atoms with van der Waals surface area (Å²) in [6.07, 6.45) is 0. The minimum Gasteiger partial charge on any atom is -0.507 e. The van der Waals surface area contributed by atoms with E-state index in [0.717, 1.165) is 11.8 Å². The van der Waals surface area contributed by atoms with E-state index in [-0.39, 0.29) is 23.1 Å². The highest BCUT2D eigenvalue weighted by atomic mass is 32.2. The van der Waals surface area contributed by atoms with Crippen LogP contribution in [0.2, 0.25) is 0 Å². The zero-order valence-corrected chi connectivity index (χ0v) is 12.4. The molecule has 21 heavy (non-hydrogen) atoms. The second kappa shape index (κ2) is 6.01. The fourth-order valence-electron chi connectivity index (χ4n) is 1.75. The summed E-state index contributed by atoms with van der Waals surface area (Å²) in [4.78, 5) is 23.7. The molecule has 0 aliphatic rings. The molecule has 0 unspecified atom stereocenters. The first-order chi connectivity index (χ1) is 9.88. The Kier molecular flexibility index (Phi) is 4.33. The number of Topliss-reactive ketones (excluding diaryl/α,β-unsaturated/α-hetero) is 2. The zero-order valence-electron chi connectivity index (χ0n) is 11.6. The zero-order chi connectivity index (χ0) is 15.6. The number of rotatable bonds is 4. The first kappa shape index (κ1) is 15.1. The van der Waals surface area contributed by atoms with Crippen molar-refractivity contribution in [1.29, 1.82) is 0 Å². The van der Waals surface area contributed by atoms with Crippen LogP contribution in [0.5, 0.6) is 11.5 Å². The van der Waals surface area contributed by atoms with E-state index in [4.69, 9.17) is 0 Å². The molecule has 0 saturated carbocycles. The van der Waals surface area contributed by atoms with Crippen molar-refractivity contribution in [2.45, 2.75) is 23.6 Å². The van der Waals surface area contributed by atoms with Gasteiger partial charge in [0.15, 0.2) is 11.6 Å². The number of aromatic hydroxyl groups is 2. The number of carbonyl (C=O) groups is 2. The molecule has 2 rings (SSSR count). The van der Waals surface area contributed by atoms with Crippen LogP contribution in [-0.4, -0.2) is 21.8 Å². The molecule has 0 aliphatic heterocycles. The van der Waals surface area contributed by atoms with Gasteiger partial charge >= 0.3 is 0 Å². The van der Waals surface area contributed by atoms with Gasteiger partial charge in [-0.05, 0) is 50.2 Å². The average molecular weight is 302 g/mol. The first-order valence-corrected chi connectivity index (χ1v) is 7.06. The van der Waals surface area contributed by atoms with Crippen molar-refractivity contribution in [2.24, 2.45) is 0 Å². The molecule has 0 atom stereocenters. The molecule has 0 heterocycles. The van der Waals surface area contributed by atoms with Crippen molar-refractivity contribution in [3.8, 4) is 11.5 Å². The Morgan fingerprint density at radius 3 is 1.52 bits per heavy atom. The van der Waals surface area contributed by atoms with E-state index in [1.54, 1.807) is 12.1 Å². The number of carbonyl (C=O) groups excluding carboxylic acids is 2. The number of benzene rings is 2. The maximum Gasteiger partial charge on any atom is 0.159 e. The lowest BCUT2D eigenvalue weighted by Crippen LogP contribution is -1.93. The van der Waals surface area contributed by atoms with Gasteiger partial charge in [-0.15, -0.1) is 0 Å². The molecule has 0 bridgehead atoms. The van der Waals surface area contributed by atoms with Crippen molar-refractivity contribution in [2.75, 3.05) is 0 Å². The van der Waals surface area contributed by atoms with Gasteiger partial charge in [0.1, 0.15) is 11.5 Å². The molecule has 0 spiro atoms. The summed E-state index contributed by atoms with van der Waals surface area (Å²) in [6.45, 7) is 2.88. The third-order valence-electron chi connectivity index (χ3n) is 2.95. The lowest BCUT2D eigenvalue weighted by molar-refractivity contribution is 0.100. The highest BCUT2D eigenvalue weighted by Crippen LogP contribution is 2.39. The van der Waals surface area contributed by atoms with Crippen LogP contribution in [0.15, 0.2) is 46.2 Å². The summed E-state index contributed by atoms with van der Waals surface area (Å²) in [6, 6.07) is 9.06. The van der Waals surface area contributed by atoms with Gasteiger partial charge in [0.25, 0.3) is 0 Å². The smallest absolute Gasteiger partial charge is 0.159 e. The summed E-state index contributed by atoms with van der Waals surface area (Å²) in [7, 11) is 0. The normalized spacial score (nSPS) is 10.4. The van der Waals surface area contributed by atoms with Gasteiger partial charge in [0, 0.05) is 11.1 Å². The SMILES string of the molecule is CC(=O)c1ccc(O)c(Sc2cc(C(C)=O)ccc2O)c1. The monoisotopic (exact) mass is 302 g/mol. The number of phenols is 2. The molecular formula is C16H14O4S. The predicted octanol–water partition coefficient (Wildman–Crippen LogP) is 3.65. The van der Waals surface area contributed by atoms with Crippen LogP contribution < -0.4 is 0 Å². The van der Waals surface area contributed by atoms with Crippen LogP contribution in [0, 0.1) is 0 Å². The molecule has 0 fully saturated rings. The maximum atomic E-state index is 11.4. The van der Waals surface area contributed by atoms with Gasteiger partial charge in [-0.2, -0.15) is 0 Å². The standard InChI is InChI=1S/C16H14O4S/c1-9(17)11-3-5-13(19)15(7-11)21-16-8-12(10(2)18)4-6-14(16)20/h3-8,19-20H,1-2H3. The van der Waals surface area contributed by atoms with Gasteiger partial charge in [0.05, 0.1) is 9.79 Å². The van der Waals surface area contributed by atoms with Gasteiger partial charge in [-0.3, -0.25) is 9.59 Å². The number of hydrogen-bond acceptors (Lipinski definition) is 5. The lowest BCUT2D eigenvalue weighted by Gasteiger charge is -2.09. The Morgan fingerprint density at radius 2 is 1.19 bits per heavy atom. The Bertz CT molecular complexity index is 661. The topological polar surface area (TPSA) is 74.6 Å². The van der Waals surface area contributed by atoms with E-state index in [9.17, 15) is 19.8 Å². The molecule has 0 amide bonds. The summed E-state index contributed by atoms with van der Waals surface area (Å²) < 4.78 is 0. The van der Waals surface area contributed by atoms with Crippen molar-refractivity contribution < 1.29 is 19.8 Å². The predicted molar refractivity (Wildman–Crippen MR) is 80.3 cm³/mol. The van der Waals surface area contributed by atoms with Crippen LogP contribution in [-0.2, 0) is 0 Å². The van der Waals surface area contributed by atoms with E-state index in [0.29, 0.717) is 20.9 Å². The molecule has 5 heteroatoms. The highest BCUT2D eigenvalue weighted by Gasteiger charge is 2.12. The lowest BCUT2D eigenvalue weighted by atomic mass is 10.1. The van der Waals surface area contributed by atoms with Crippen LogP contribution in [0.1, 0.15) is 34.6 Å². The maximum absolute atomic E-state index is 11.4. The molecule has 2 aromatic rings. The summed E-state index contributed by atoms with van der Waals surface area (Å²) >= 11 is 1.10. The minimum atomic E-state index is -0.112.